The van der Waals surface area contributed by atoms with Crippen molar-refractivity contribution in [2.45, 2.75) is 36.7 Å². The molecule has 1 heterocycles. The fourth-order valence-corrected chi connectivity index (χ4v) is 6.84. The number of aliphatic hydroxyl groups is 3. The number of ketones is 2. The third-order valence-electron chi connectivity index (χ3n) is 8.46. The SMILES string of the molecule is CN(C)[C@@H]1C(O)=C(C(N)=O)C(=O)[C@@]2(O)C(O)=C3C(=O)c4c(O)cc(C5CNCCN5)c(C(F)(F)F)c4C[C@H]3C[C@@H]12. The third-order valence-corrected chi connectivity index (χ3v) is 8.46. The highest BCUT2D eigenvalue weighted by molar-refractivity contribution is 6.24. The second kappa shape index (κ2) is 9.29. The summed E-state index contributed by atoms with van der Waals surface area (Å²) in [5.74, 6) is -9.05. The average Bonchev–Trinajstić information content (AvgIpc) is 2.85. The Labute approximate surface area is 226 Å². The normalized spacial score (nSPS) is 30.8. The van der Waals surface area contributed by atoms with Gasteiger partial charge in [0.05, 0.1) is 17.2 Å². The quantitative estimate of drug-likeness (QED) is 0.252. The molecule has 5 rings (SSSR count). The van der Waals surface area contributed by atoms with Crippen molar-refractivity contribution in [3.05, 3.63) is 51.0 Å². The fourth-order valence-electron chi connectivity index (χ4n) is 6.84. The molecule has 1 aromatic rings. The number of amides is 1. The highest BCUT2D eigenvalue weighted by Crippen LogP contribution is 2.54. The standard InChI is InChI=1S/C26H29F3N4O7/c1-33(2)19-12-6-9-5-11-16(14(34)7-10(18(11)26(27,28)29)13-8-31-3-4-32-13)20(35)15(9)22(37)25(12,40)23(38)17(21(19)36)24(30)39/h7,9,12-13,19,31-32,34,36-37,40H,3-6,8H2,1-2H3,(H2,30,39)/t9-,12-,13?,19-,25-/m0/s1. The van der Waals surface area contributed by atoms with Gasteiger partial charge in [-0.05, 0) is 50.0 Å². The number of phenolic OH excluding ortho intramolecular Hbond substituents is 1. The molecule has 0 aromatic heterocycles. The molecule has 1 aromatic carbocycles. The molecule has 0 spiro atoms. The number of fused-ring (bicyclic) bond motifs is 3. The molecule has 0 bridgehead atoms. The van der Waals surface area contributed by atoms with Gasteiger partial charge in [0.25, 0.3) is 5.91 Å². The Morgan fingerprint density at radius 1 is 1.18 bits per heavy atom. The van der Waals surface area contributed by atoms with Gasteiger partial charge in [-0.15, -0.1) is 0 Å². The predicted octanol–water partition coefficient (Wildman–Crippen LogP) is 0.373. The number of carbonyl (C=O) groups excluding carboxylic acids is 3. The molecule has 11 nitrogen and oxygen atoms in total. The lowest BCUT2D eigenvalue weighted by atomic mass is 9.58. The van der Waals surface area contributed by atoms with Crippen molar-refractivity contribution in [1.82, 2.24) is 15.5 Å². The Morgan fingerprint density at radius 3 is 2.40 bits per heavy atom. The molecule has 3 aliphatic carbocycles. The number of nitrogens with zero attached hydrogens (tertiary/aromatic N) is 1. The Morgan fingerprint density at radius 2 is 1.85 bits per heavy atom. The number of alkyl halides is 3. The summed E-state index contributed by atoms with van der Waals surface area (Å²) in [6, 6.07) is -1.17. The van der Waals surface area contributed by atoms with E-state index in [1.165, 1.54) is 19.0 Å². The molecular formula is C26H29F3N4O7. The molecule has 0 saturated carbocycles. The molecule has 40 heavy (non-hydrogen) atoms. The lowest BCUT2D eigenvalue weighted by Gasteiger charge is -2.50. The topological polar surface area (TPSA) is 185 Å². The van der Waals surface area contributed by atoms with Gasteiger partial charge in [-0.2, -0.15) is 13.2 Å². The summed E-state index contributed by atoms with van der Waals surface area (Å²) in [6.07, 6.45) is -5.67. The van der Waals surface area contributed by atoms with Crippen molar-refractivity contribution in [1.29, 1.82) is 0 Å². The van der Waals surface area contributed by atoms with E-state index in [1.807, 2.05) is 0 Å². The van der Waals surface area contributed by atoms with Crippen LogP contribution in [-0.2, 0) is 22.2 Å². The molecule has 14 heteroatoms. The lowest BCUT2D eigenvalue weighted by molar-refractivity contribution is -0.148. The van der Waals surface area contributed by atoms with Crippen LogP contribution in [0.4, 0.5) is 13.2 Å². The van der Waals surface area contributed by atoms with Crippen LogP contribution in [0.5, 0.6) is 5.75 Å². The first-order valence-corrected chi connectivity index (χ1v) is 12.7. The third kappa shape index (κ3) is 3.84. The largest absolute Gasteiger partial charge is 0.510 e. The number of aliphatic hydroxyl groups excluding tert-OH is 2. The van der Waals surface area contributed by atoms with Gasteiger partial charge < -0.3 is 36.8 Å². The number of rotatable bonds is 3. The number of hydrogen-bond donors (Lipinski definition) is 7. The van der Waals surface area contributed by atoms with Gasteiger partial charge in [0, 0.05) is 37.2 Å². The number of benzene rings is 1. The second-order valence-electron chi connectivity index (χ2n) is 10.9. The number of carbonyl (C=O) groups is 3. The number of primary amides is 1. The van der Waals surface area contributed by atoms with Gasteiger partial charge in [-0.1, -0.05) is 0 Å². The molecule has 8 N–H and O–H groups in total. The summed E-state index contributed by atoms with van der Waals surface area (Å²) in [5, 5.41) is 50.5. The first kappa shape index (κ1) is 28.1. The number of piperazine rings is 1. The molecule has 216 valence electrons. The summed E-state index contributed by atoms with van der Waals surface area (Å²) in [7, 11) is 2.93. The number of aromatic hydroxyl groups is 1. The van der Waals surface area contributed by atoms with E-state index in [0.717, 1.165) is 6.07 Å². The smallest absolute Gasteiger partial charge is 0.417 e. The maximum atomic E-state index is 14.6. The number of likely N-dealkylation sites (N-methyl/N-ethyl adjacent to an activating group) is 1. The minimum atomic E-state index is -4.91. The zero-order valence-corrected chi connectivity index (χ0v) is 21.6. The maximum absolute atomic E-state index is 14.6. The van der Waals surface area contributed by atoms with Crippen molar-refractivity contribution in [3.8, 4) is 5.75 Å². The van der Waals surface area contributed by atoms with Crippen molar-refractivity contribution in [2.24, 2.45) is 17.6 Å². The van der Waals surface area contributed by atoms with E-state index >= 15 is 0 Å². The monoisotopic (exact) mass is 566 g/mol. The van der Waals surface area contributed by atoms with E-state index in [9.17, 15) is 48.0 Å². The van der Waals surface area contributed by atoms with Gasteiger partial charge >= 0.3 is 6.18 Å². The van der Waals surface area contributed by atoms with Crippen molar-refractivity contribution >= 4 is 17.5 Å². The molecule has 0 radical (unpaired) electrons. The van der Waals surface area contributed by atoms with Crippen molar-refractivity contribution in [3.63, 3.8) is 0 Å². The van der Waals surface area contributed by atoms with Crippen molar-refractivity contribution < 1.29 is 48.0 Å². The van der Waals surface area contributed by atoms with E-state index in [4.69, 9.17) is 5.73 Å². The Balaban J connectivity index is 1.73. The molecule has 1 unspecified atom stereocenters. The lowest BCUT2D eigenvalue weighted by Crippen LogP contribution is -2.63. The van der Waals surface area contributed by atoms with Crippen molar-refractivity contribution in [2.75, 3.05) is 33.7 Å². The fraction of sp³-hybridized carbons (Fsp3) is 0.500. The highest BCUT2D eigenvalue weighted by atomic mass is 19.4. The van der Waals surface area contributed by atoms with E-state index in [2.05, 4.69) is 10.6 Å². The van der Waals surface area contributed by atoms with E-state index in [-0.39, 0.29) is 18.5 Å². The highest BCUT2D eigenvalue weighted by Gasteiger charge is 2.63. The number of phenols is 1. The van der Waals surface area contributed by atoms with Gasteiger partial charge in [0.1, 0.15) is 22.8 Å². The first-order chi connectivity index (χ1) is 18.6. The van der Waals surface area contributed by atoms with Crippen LogP contribution in [0.1, 0.15) is 39.5 Å². The summed E-state index contributed by atoms with van der Waals surface area (Å²) >= 11 is 0. The average molecular weight is 567 g/mol. The van der Waals surface area contributed by atoms with Crippen LogP contribution in [0.15, 0.2) is 28.7 Å². The van der Waals surface area contributed by atoms with E-state index < -0.39 is 105 Å². The zero-order valence-electron chi connectivity index (χ0n) is 21.6. The number of hydrogen-bond acceptors (Lipinski definition) is 10. The van der Waals surface area contributed by atoms with Crippen LogP contribution in [0.25, 0.3) is 0 Å². The van der Waals surface area contributed by atoms with Crippen LogP contribution < -0.4 is 16.4 Å². The molecule has 1 amide bonds. The number of Topliss-reactive ketones (excluding diaryl/α,β-unsaturated/α-hetero) is 2. The Bertz CT molecular complexity index is 1400. The summed E-state index contributed by atoms with van der Waals surface area (Å²) in [5.41, 5.74) is -1.50. The minimum Gasteiger partial charge on any atom is -0.510 e. The van der Waals surface area contributed by atoms with Gasteiger partial charge in [0.15, 0.2) is 11.4 Å². The second-order valence-corrected chi connectivity index (χ2v) is 10.9. The van der Waals surface area contributed by atoms with E-state index in [1.54, 1.807) is 0 Å². The van der Waals surface area contributed by atoms with Crippen LogP contribution in [0.3, 0.4) is 0 Å². The maximum Gasteiger partial charge on any atom is 0.417 e. The van der Waals surface area contributed by atoms with Crippen LogP contribution >= 0.6 is 0 Å². The molecule has 1 aliphatic heterocycles. The first-order valence-electron chi connectivity index (χ1n) is 12.7. The number of allylic oxidation sites excluding steroid dienone is 1. The molecule has 4 aliphatic rings. The van der Waals surface area contributed by atoms with E-state index in [0.29, 0.717) is 13.1 Å². The number of halogens is 3. The summed E-state index contributed by atoms with van der Waals surface area (Å²) in [6.45, 7) is 1.07. The van der Waals surface area contributed by atoms with Crippen LogP contribution in [0.2, 0.25) is 0 Å². The van der Waals surface area contributed by atoms with Gasteiger partial charge in [-0.3, -0.25) is 19.3 Å². The Hall–Kier alpha value is -3.46. The molecule has 1 fully saturated rings. The predicted molar refractivity (Wildman–Crippen MR) is 132 cm³/mol. The van der Waals surface area contributed by atoms with Crippen LogP contribution in [0, 0.1) is 11.8 Å². The number of nitrogens with two attached hydrogens (primary N) is 1. The molecule has 1 saturated heterocycles. The van der Waals surface area contributed by atoms with Gasteiger partial charge in [0.2, 0.25) is 5.78 Å². The number of nitrogens with one attached hydrogen (secondary N) is 2. The zero-order chi connectivity index (χ0) is 29.5. The Kier molecular flexibility index (Phi) is 6.53. The molecule has 5 atom stereocenters. The summed E-state index contributed by atoms with van der Waals surface area (Å²) < 4.78 is 43.8. The minimum absolute atomic E-state index is 0.153. The summed E-state index contributed by atoms with van der Waals surface area (Å²) in [4.78, 5) is 40.4. The van der Waals surface area contributed by atoms with Crippen LogP contribution in [-0.4, -0.2) is 88.2 Å². The van der Waals surface area contributed by atoms with Gasteiger partial charge in [-0.25, -0.2) is 0 Å². The molecular weight excluding hydrogens is 537 g/mol.